The summed E-state index contributed by atoms with van der Waals surface area (Å²) in [4.78, 5) is 6.71. The van der Waals surface area contributed by atoms with E-state index in [2.05, 4.69) is 27.3 Å². The van der Waals surface area contributed by atoms with E-state index in [1.807, 2.05) is 7.05 Å². The standard InChI is InChI=1S/C12H22N4O/c1-10(13-2)9-11-14-12(15-17-11)16-7-5-3-4-6-8-16/h10,13H,3-9H2,1-2H3. The summed E-state index contributed by atoms with van der Waals surface area (Å²) in [5.74, 6) is 1.50. The van der Waals surface area contributed by atoms with Crippen molar-refractivity contribution in [1.29, 1.82) is 0 Å². The van der Waals surface area contributed by atoms with Crippen LogP contribution in [0.3, 0.4) is 0 Å². The first-order chi connectivity index (χ1) is 8.29. The molecule has 1 fully saturated rings. The van der Waals surface area contributed by atoms with Gasteiger partial charge in [0.15, 0.2) is 0 Å². The monoisotopic (exact) mass is 238 g/mol. The summed E-state index contributed by atoms with van der Waals surface area (Å²) < 4.78 is 5.29. The molecule has 5 heteroatoms. The van der Waals surface area contributed by atoms with Crippen molar-refractivity contribution < 1.29 is 4.52 Å². The van der Waals surface area contributed by atoms with Crippen LogP contribution in [0, 0.1) is 0 Å². The van der Waals surface area contributed by atoms with Crippen molar-refractivity contribution in [2.24, 2.45) is 0 Å². The predicted octanol–water partition coefficient (Wildman–Crippen LogP) is 1.60. The number of hydrogen-bond acceptors (Lipinski definition) is 5. The minimum atomic E-state index is 0.368. The molecule has 5 nitrogen and oxygen atoms in total. The number of nitrogens with one attached hydrogen (secondary N) is 1. The summed E-state index contributed by atoms with van der Waals surface area (Å²) in [5, 5.41) is 7.25. The zero-order valence-corrected chi connectivity index (χ0v) is 10.8. The fourth-order valence-electron chi connectivity index (χ4n) is 2.09. The van der Waals surface area contributed by atoms with Gasteiger partial charge < -0.3 is 14.7 Å². The van der Waals surface area contributed by atoms with E-state index in [-0.39, 0.29) is 0 Å². The summed E-state index contributed by atoms with van der Waals surface area (Å²) in [6.45, 7) is 4.22. The molecule has 0 aromatic carbocycles. The molecular formula is C12H22N4O. The summed E-state index contributed by atoms with van der Waals surface area (Å²) in [6.07, 6.45) is 5.89. The Morgan fingerprint density at radius 1 is 1.29 bits per heavy atom. The van der Waals surface area contributed by atoms with Crippen molar-refractivity contribution in [1.82, 2.24) is 15.5 Å². The Hall–Kier alpha value is -1.10. The highest BCUT2D eigenvalue weighted by atomic mass is 16.5. The molecule has 0 radical (unpaired) electrons. The lowest BCUT2D eigenvalue weighted by Gasteiger charge is -2.16. The second kappa shape index (κ2) is 6.00. The smallest absolute Gasteiger partial charge is 0.266 e. The van der Waals surface area contributed by atoms with Crippen molar-refractivity contribution in [3.8, 4) is 0 Å². The molecule has 17 heavy (non-hydrogen) atoms. The molecular weight excluding hydrogens is 216 g/mol. The second-order valence-corrected chi connectivity index (χ2v) is 4.78. The van der Waals surface area contributed by atoms with Crippen LogP contribution >= 0.6 is 0 Å². The molecule has 1 aromatic rings. The van der Waals surface area contributed by atoms with E-state index in [9.17, 15) is 0 Å². The number of rotatable bonds is 4. The molecule has 2 heterocycles. The summed E-state index contributed by atoms with van der Waals surface area (Å²) in [5.41, 5.74) is 0. The zero-order valence-electron chi connectivity index (χ0n) is 10.8. The molecule has 1 aliphatic heterocycles. The summed E-state index contributed by atoms with van der Waals surface area (Å²) in [6, 6.07) is 0.368. The van der Waals surface area contributed by atoms with Crippen LogP contribution < -0.4 is 10.2 Å². The number of nitrogens with zero attached hydrogens (tertiary/aromatic N) is 3. The molecule has 1 aromatic heterocycles. The maximum Gasteiger partial charge on any atom is 0.266 e. The van der Waals surface area contributed by atoms with Crippen LogP contribution in [0.1, 0.15) is 38.5 Å². The van der Waals surface area contributed by atoms with E-state index in [0.717, 1.165) is 31.3 Å². The zero-order chi connectivity index (χ0) is 12.1. The van der Waals surface area contributed by atoms with Crippen LogP contribution in [0.25, 0.3) is 0 Å². The lowest BCUT2D eigenvalue weighted by Crippen LogP contribution is -2.25. The number of aromatic nitrogens is 2. The van der Waals surface area contributed by atoms with Gasteiger partial charge in [-0.2, -0.15) is 4.98 Å². The van der Waals surface area contributed by atoms with Gasteiger partial charge >= 0.3 is 0 Å². The van der Waals surface area contributed by atoms with Gasteiger partial charge in [-0.25, -0.2) is 0 Å². The van der Waals surface area contributed by atoms with E-state index in [4.69, 9.17) is 4.52 Å². The maximum absolute atomic E-state index is 5.29. The normalized spacial score (nSPS) is 19.1. The van der Waals surface area contributed by atoms with E-state index < -0.39 is 0 Å². The maximum atomic E-state index is 5.29. The Morgan fingerprint density at radius 2 is 2.00 bits per heavy atom. The summed E-state index contributed by atoms with van der Waals surface area (Å²) >= 11 is 0. The van der Waals surface area contributed by atoms with Gasteiger partial charge in [0.25, 0.3) is 5.95 Å². The molecule has 0 saturated carbocycles. The van der Waals surface area contributed by atoms with Gasteiger partial charge in [0.1, 0.15) is 0 Å². The van der Waals surface area contributed by atoms with Crippen molar-refractivity contribution in [3.63, 3.8) is 0 Å². The molecule has 1 unspecified atom stereocenters. The Kier molecular flexibility index (Phi) is 4.36. The van der Waals surface area contributed by atoms with E-state index in [1.165, 1.54) is 25.7 Å². The predicted molar refractivity (Wildman–Crippen MR) is 67.2 cm³/mol. The third-order valence-electron chi connectivity index (χ3n) is 3.32. The third-order valence-corrected chi connectivity index (χ3v) is 3.32. The fraction of sp³-hybridized carbons (Fsp3) is 0.833. The SMILES string of the molecule is CNC(C)Cc1nc(N2CCCCCC2)no1. The van der Waals surface area contributed by atoms with Crippen LogP contribution in [-0.2, 0) is 6.42 Å². The average molecular weight is 238 g/mol. The van der Waals surface area contributed by atoms with Gasteiger partial charge in [0.05, 0.1) is 0 Å². The highest BCUT2D eigenvalue weighted by Crippen LogP contribution is 2.16. The van der Waals surface area contributed by atoms with Crippen LogP contribution in [0.2, 0.25) is 0 Å². The molecule has 1 aliphatic rings. The Morgan fingerprint density at radius 3 is 2.65 bits per heavy atom. The topological polar surface area (TPSA) is 54.2 Å². The largest absolute Gasteiger partial charge is 0.338 e. The quantitative estimate of drug-likeness (QED) is 0.863. The van der Waals surface area contributed by atoms with Gasteiger partial charge in [0.2, 0.25) is 5.89 Å². The third kappa shape index (κ3) is 3.43. The second-order valence-electron chi connectivity index (χ2n) is 4.78. The number of hydrogen-bond donors (Lipinski definition) is 1. The lowest BCUT2D eigenvalue weighted by molar-refractivity contribution is 0.364. The highest BCUT2D eigenvalue weighted by molar-refractivity contribution is 5.27. The Labute approximate surface area is 103 Å². The Bertz CT molecular complexity index is 331. The minimum absolute atomic E-state index is 0.368. The van der Waals surface area contributed by atoms with Crippen molar-refractivity contribution in [2.75, 3.05) is 25.0 Å². The summed E-state index contributed by atoms with van der Waals surface area (Å²) in [7, 11) is 1.94. The van der Waals surface area contributed by atoms with E-state index in [0.29, 0.717) is 6.04 Å². The fourth-order valence-corrected chi connectivity index (χ4v) is 2.09. The van der Waals surface area contributed by atoms with Crippen molar-refractivity contribution >= 4 is 5.95 Å². The molecule has 96 valence electrons. The van der Waals surface area contributed by atoms with Crippen LogP contribution in [-0.4, -0.2) is 36.3 Å². The average Bonchev–Trinajstić information content (AvgIpc) is 2.63. The molecule has 1 N–H and O–H groups in total. The van der Waals surface area contributed by atoms with Gasteiger partial charge in [-0.3, -0.25) is 0 Å². The van der Waals surface area contributed by atoms with Crippen LogP contribution in [0.5, 0.6) is 0 Å². The van der Waals surface area contributed by atoms with Crippen molar-refractivity contribution in [3.05, 3.63) is 5.89 Å². The van der Waals surface area contributed by atoms with Gasteiger partial charge in [0, 0.05) is 25.6 Å². The molecule has 0 spiro atoms. The first-order valence-corrected chi connectivity index (χ1v) is 6.54. The van der Waals surface area contributed by atoms with Crippen LogP contribution in [0.4, 0.5) is 5.95 Å². The molecule has 0 bridgehead atoms. The number of anilines is 1. The molecule has 1 saturated heterocycles. The molecule has 0 amide bonds. The molecule has 1 atom stereocenters. The van der Waals surface area contributed by atoms with Crippen molar-refractivity contribution in [2.45, 2.75) is 45.1 Å². The highest BCUT2D eigenvalue weighted by Gasteiger charge is 2.16. The van der Waals surface area contributed by atoms with E-state index in [1.54, 1.807) is 0 Å². The lowest BCUT2D eigenvalue weighted by atomic mass is 10.2. The number of likely N-dealkylation sites (N-methyl/N-ethyl adjacent to an activating group) is 1. The van der Waals surface area contributed by atoms with Gasteiger partial charge in [-0.15, -0.1) is 0 Å². The van der Waals surface area contributed by atoms with Gasteiger partial charge in [-0.1, -0.05) is 12.8 Å². The Balaban J connectivity index is 1.96. The first-order valence-electron chi connectivity index (χ1n) is 6.54. The molecule has 0 aliphatic carbocycles. The van der Waals surface area contributed by atoms with Crippen LogP contribution in [0.15, 0.2) is 4.52 Å². The van der Waals surface area contributed by atoms with Gasteiger partial charge in [-0.05, 0) is 32.0 Å². The molecule has 2 rings (SSSR count). The minimum Gasteiger partial charge on any atom is -0.338 e. The first kappa shape index (κ1) is 12.4. The van der Waals surface area contributed by atoms with E-state index >= 15 is 0 Å².